The van der Waals surface area contributed by atoms with E-state index >= 15 is 0 Å². The molecular formula is C15H24N2O4. The number of oxazole rings is 1. The highest BCUT2D eigenvalue weighted by Crippen LogP contribution is 2.12. The molecule has 21 heavy (non-hydrogen) atoms. The molecule has 1 aliphatic rings. The van der Waals surface area contributed by atoms with Crippen LogP contribution >= 0.6 is 0 Å². The number of aryl methyl sites for hydroxylation is 1. The number of aromatic nitrogens is 1. The average Bonchev–Trinajstić information content (AvgIpc) is 2.93. The van der Waals surface area contributed by atoms with Crippen molar-refractivity contribution in [2.45, 2.75) is 33.3 Å². The van der Waals surface area contributed by atoms with Crippen molar-refractivity contribution in [1.29, 1.82) is 0 Å². The molecular weight excluding hydrogens is 272 g/mol. The number of carbonyl (C=O) groups excluding carboxylic acids is 1. The molecule has 1 aromatic heterocycles. The molecule has 0 aromatic carbocycles. The first-order valence-electron chi connectivity index (χ1n) is 7.53. The van der Waals surface area contributed by atoms with Crippen molar-refractivity contribution in [3.63, 3.8) is 0 Å². The van der Waals surface area contributed by atoms with Gasteiger partial charge in [-0.25, -0.2) is 9.78 Å². The maximum atomic E-state index is 12.0. The van der Waals surface area contributed by atoms with Gasteiger partial charge in [0.05, 0.1) is 6.61 Å². The van der Waals surface area contributed by atoms with Gasteiger partial charge in [-0.1, -0.05) is 20.8 Å². The highest BCUT2D eigenvalue weighted by molar-refractivity contribution is 5.88. The minimum atomic E-state index is -0.440. The van der Waals surface area contributed by atoms with Gasteiger partial charge in [-0.2, -0.15) is 0 Å². The van der Waals surface area contributed by atoms with E-state index in [-0.39, 0.29) is 18.4 Å². The second-order valence-electron chi connectivity index (χ2n) is 5.72. The smallest absolute Gasteiger partial charge is 0.360 e. The molecule has 0 aliphatic carbocycles. The monoisotopic (exact) mass is 296 g/mol. The van der Waals surface area contributed by atoms with Crippen LogP contribution in [-0.2, 0) is 15.9 Å². The topological polar surface area (TPSA) is 64.8 Å². The Morgan fingerprint density at radius 1 is 1.57 bits per heavy atom. The quantitative estimate of drug-likeness (QED) is 0.745. The zero-order valence-electron chi connectivity index (χ0n) is 13.0. The lowest BCUT2D eigenvalue weighted by atomic mass is 10.2. The van der Waals surface area contributed by atoms with Crippen LogP contribution in [0.3, 0.4) is 0 Å². The van der Waals surface area contributed by atoms with E-state index in [1.54, 1.807) is 0 Å². The summed E-state index contributed by atoms with van der Waals surface area (Å²) in [4.78, 5) is 18.2. The summed E-state index contributed by atoms with van der Waals surface area (Å²) >= 11 is 0. The van der Waals surface area contributed by atoms with Gasteiger partial charge in [0.15, 0.2) is 12.1 Å². The summed E-state index contributed by atoms with van der Waals surface area (Å²) in [7, 11) is 0. The number of carbonyl (C=O) groups is 1. The zero-order chi connectivity index (χ0) is 15.2. The molecule has 0 bridgehead atoms. The molecule has 1 fully saturated rings. The molecule has 6 heteroatoms. The molecule has 2 heterocycles. The van der Waals surface area contributed by atoms with Crippen LogP contribution in [0.15, 0.2) is 10.8 Å². The van der Waals surface area contributed by atoms with Gasteiger partial charge in [0, 0.05) is 26.1 Å². The van der Waals surface area contributed by atoms with Gasteiger partial charge in [0.1, 0.15) is 18.5 Å². The first kappa shape index (κ1) is 16.0. The Morgan fingerprint density at radius 2 is 2.38 bits per heavy atom. The van der Waals surface area contributed by atoms with Crippen LogP contribution in [0.2, 0.25) is 0 Å². The van der Waals surface area contributed by atoms with Crippen LogP contribution < -0.4 is 0 Å². The van der Waals surface area contributed by atoms with Crippen LogP contribution in [0.4, 0.5) is 0 Å². The molecule has 2 rings (SSSR count). The molecule has 0 spiro atoms. The number of morpholine rings is 1. The van der Waals surface area contributed by atoms with Crippen molar-refractivity contribution in [2.24, 2.45) is 5.92 Å². The Hall–Kier alpha value is -1.40. The largest absolute Gasteiger partial charge is 0.458 e. The maximum Gasteiger partial charge on any atom is 0.360 e. The van der Waals surface area contributed by atoms with Crippen LogP contribution in [0, 0.1) is 5.92 Å². The predicted octanol–water partition coefficient (Wildman–Crippen LogP) is 1.75. The first-order valence-corrected chi connectivity index (χ1v) is 7.53. The minimum absolute atomic E-state index is 0.0709. The molecule has 1 atom stereocenters. The Labute approximate surface area is 125 Å². The lowest BCUT2D eigenvalue weighted by Crippen LogP contribution is -2.45. The summed E-state index contributed by atoms with van der Waals surface area (Å²) < 4.78 is 16.1. The summed E-state index contributed by atoms with van der Waals surface area (Å²) in [6.07, 6.45) is 1.82. The Morgan fingerprint density at radius 3 is 3.10 bits per heavy atom. The number of ether oxygens (including phenoxy) is 2. The molecule has 1 saturated heterocycles. The fourth-order valence-electron chi connectivity index (χ4n) is 2.49. The highest BCUT2D eigenvalue weighted by atomic mass is 16.6. The third kappa shape index (κ3) is 4.54. The summed E-state index contributed by atoms with van der Waals surface area (Å²) in [5.74, 6) is 0.740. The summed E-state index contributed by atoms with van der Waals surface area (Å²) in [5.41, 5.74) is 0.271. The number of hydrogen-bond donors (Lipinski definition) is 0. The van der Waals surface area contributed by atoms with Crippen molar-refractivity contribution in [3.05, 3.63) is 17.8 Å². The third-order valence-corrected chi connectivity index (χ3v) is 3.40. The second-order valence-corrected chi connectivity index (χ2v) is 5.72. The first-order chi connectivity index (χ1) is 10.1. The average molecular weight is 296 g/mol. The van der Waals surface area contributed by atoms with Crippen molar-refractivity contribution in [2.75, 3.05) is 32.8 Å². The molecule has 0 N–H and O–H groups in total. The fourth-order valence-corrected chi connectivity index (χ4v) is 2.49. The van der Waals surface area contributed by atoms with Crippen LogP contribution in [0.25, 0.3) is 0 Å². The molecule has 6 nitrogen and oxygen atoms in total. The van der Waals surface area contributed by atoms with Crippen molar-refractivity contribution in [1.82, 2.24) is 9.88 Å². The molecule has 1 aromatic rings. The van der Waals surface area contributed by atoms with Gasteiger partial charge in [-0.05, 0) is 5.92 Å². The van der Waals surface area contributed by atoms with E-state index in [1.165, 1.54) is 6.39 Å². The van der Waals surface area contributed by atoms with Crippen molar-refractivity contribution in [3.8, 4) is 0 Å². The Bertz CT molecular complexity index is 458. The van der Waals surface area contributed by atoms with Gasteiger partial charge in [0.2, 0.25) is 0 Å². The fraction of sp³-hybridized carbons (Fsp3) is 0.733. The van der Waals surface area contributed by atoms with E-state index < -0.39 is 5.97 Å². The van der Waals surface area contributed by atoms with Gasteiger partial charge in [-0.15, -0.1) is 0 Å². The van der Waals surface area contributed by atoms with Gasteiger partial charge >= 0.3 is 5.97 Å². The van der Waals surface area contributed by atoms with Gasteiger partial charge in [-0.3, -0.25) is 4.90 Å². The molecule has 0 saturated carbocycles. The molecule has 0 radical (unpaired) electrons. The lowest BCUT2D eigenvalue weighted by Gasteiger charge is -2.33. The van der Waals surface area contributed by atoms with Crippen molar-refractivity contribution >= 4 is 5.97 Å². The highest BCUT2D eigenvalue weighted by Gasteiger charge is 2.24. The van der Waals surface area contributed by atoms with E-state index in [0.717, 1.165) is 19.6 Å². The Kier molecular flexibility index (Phi) is 5.76. The standard InChI is InChI=1S/C15H24N2O4/c1-4-13-14(16-10-21-13)15(18)20-9-12-8-17(5-6-19-12)7-11(2)3/h10-12H,4-9H2,1-3H3. The van der Waals surface area contributed by atoms with Gasteiger partial charge in [0.25, 0.3) is 0 Å². The predicted molar refractivity (Wildman–Crippen MR) is 77.2 cm³/mol. The molecule has 1 aliphatic heterocycles. The van der Waals surface area contributed by atoms with Crippen LogP contribution in [-0.4, -0.2) is 54.8 Å². The van der Waals surface area contributed by atoms with Gasteiger partial charge < -0.3 is 13.9 Å². The molecule has 118 valence electrons. The van der Waals surface area contributed by atoms with E-state index in [2.05, 4.69) is 23.7 Å². The number of hydrogen-bond acceptors (Lipinski definition) is 6. The number of esters is 1. The zero-order valence-corrected chi connectivity index (χ0v) is 13.0. The van der Waals surface area contributed by atoms with Crippen molar-refractivity contribution < 1.29 is 18.7 Å². The van der Waals surface area contributed by atoms with E-state index in [1.807, 2.05) is 6.92 Å². The molecule has 0 amide bonds. The number of rotatable bonds is 6. The minimum Gasteiger partial charge on any atom is -0.458 e. The number of nitrogens with zero attached hydrogens (tertiary/aromatic N) is 2. The maximum absolute atomic E-state index is 12.0. The van der Waals surface area contributed by atoms with Crippen LogP contribution in [0.1, 0.15) is 37.0 Å². The summed E-state index contributed by atoms with van der Waals surface area (Å²) in [5, 5.41) is 0. The second kappa shape index (κ2) is 7.56. The van der Waals surface area contributed by atoms with E-state index in [4.69, 9.17) is 13.9 Å². The Balaban J connectivity index is 1.81. The lowest BCUT2D eigenvalue weighted by molar-refractivity contribution is -0.0614. The third-order valence-electron chi connectivity index (χ3n) is 3.40. The summed E-state index contributed by atoms with van der Waals surface area (Å²) in [6.45, 7) is 10.0. The molecule has 1 unspecified atom stereocenters. The van der Waals surface area contributed by atoms with Crippen LogP contribution in [0.5, 0.6) is 0 Å². The normalized spacial score (nSPS) is 19.9. The SMILES string of the molecule is CCc1ocnc1C(=O)OCC1CN(CC(C)C)CCO1. The summed E-state index contributed by atoms with van der Waals surface area (Å²) in [6, 6.07) is 0. The van der Waals surface area contributed by atoms with E-state index in [9.17, 15) is 4.79 Å². The van der Waals surface area contributed by atoms with E-state index in [0.29, 0.717) is 24.7 Å².